The molecule has 1 aliphatic heterocycles. The third-order valence-electron chi connectivity index (χ3n) is 2.16. The molecule has 1 unspecified atom stereocenters. The molecule has 0 spiro atoms. The van der Waals surface area contributed by atoms with Gasteiger partial charge in [-0.1, -0.05) is 18.2 Å². The zero-order chi connectivity index (χ0) is 9.97. The third kappa shape index (κ3) is 2.01. The zero-order valence-electron chi connectivity index (χ0n) is 7.61. The minimum Gasteiger partial charge on any atom is -0.258 e. The highest BCUT2D eigenvalue weighted by molar-refractivity contribution is 8.11. The molecule has 76 valence electrons. The van der Waals surface area contributed by atoms with Crippen molar-refractivity contribution in [3.8, 4) is 0 Å². The van der Waals surface area contributed by atoms with Crippen LogP contribution in [0.1, 0.15) is 16.6 Å². The van der Waals surface area contributed by atoms with E-state index < -0.39 is 10.8 Å². The number of benzene rings is 1. The molecule has 1 aliphatic rings. The van der Waals surface area contributed by atoms with Crippen LogP contribution in [0.15, 0.2) is 24.3 Å². The van der Waals surface area contributed by atoms with Crippen LogP contribution in [0, 0.1) is 5.82 Å². The third-order valence-corrected chi connectivity index (χ3v) is 5.71. The Balaban J connectivity index is 2.29. The molecule has 0 aromatic heterocycles. The van der Waals surface area contributed by atoms with Crippen molar-refractivity contribution in [2.45, 2.75) is 11.0 Å². The van der Waals surface area contributed by atoms with Crippen LogP contribution in [0.5, 0.6) is 0 Å². The van der Waals surface area contributed by atoms with Crippen molar-refractivity contribution in [2.75, 3.05) is 11.5 Å². The molecule has 2 rings (SSSR count). The van der Waals surface area contributed by atoms with E-state index in [-0.39, 0.29) is 10.4 Å². The van der Waals surface area contributed by atoms with Gasteiger partial charge in [0.2, 0.25) is 0 Å². The normalized spacial score (nSPS) is 27.5. The molecular weight excluding hydrogens is 219 g/mol. The fourth-order valence-corrected chi connectivity index (χ4v) is 4.85. The Morgan fingerprint density at radius 2 is 2.21 bits per heavy atom. The van der Waals surface area contributed by atoms with Crippen LogP contribution in [-0.4, -0.2) is 15.7 Å². The molecule has 2 atom stereocenters. The molecule has 0 radical (unpaired) electrons. The molecule has 1 saturated heterocycles. The molecule has 4 heteroatoms. The number of hydrogen-bond donors (Lipinski definition) is 0. The largest absolute Gasteiger partial charge is 0.258 e. The lowest BCUT2D eigenvalue weighted by atomic mass is 10.2. The van der Waals surface area contributed by atoms with Crippen LogP contribution in [0.2, 0.25) is 0 Å². The van der Waals surface area contributed by atoms with Gasteiger partial charge in [-0.2, -0.15) is 0 Å². The lowest BCUT2D eigenvalue weighted by Crippen LogP contribution is -2.14. The summed E-state index contributed by atoms with van der Waals surface area (Å²) in [4.78, 5) is 0. The van der Waals surface area contributed by atoms with Gasteiger partial charge in [-0.15, -0.1) is 11.8 Å². The molecular formula is C10H11FOS2. The lowest BCUT2D eigenvalue weighted by Gasteiger charge is -2.21. The van der Waals surface area contributed by atoms with Crippen LogP contribution in [0.4, 0.5) is 4.39 Å². The van der Waals surface area contributed by atoms with Gasteiger partial charge in [-0.05, 0) is 18.2 Å². The first-order valence-electron chi connectivity index (χ1n) is 4.52. The molecule has 1 fully saturated rings. The molecule has 0 bridgehead atoms. The first kappa shape index (κ1) is 10.2. The van der Waals surface area contributed by atoms with Crippen LogP contribution >= 0.6 is 11.8 Å². The second kappa shape index (κ2) is 4.45. The zero-order valence-corrected chi connectivity index (χ0v) is 9.24. The van der Waals surface area contributed by atoms with Crippen molar-refractivity contribution >= 4 is 22.6 Å². The highest BCUT2D eigenvalue weighted by Gasteiger charge is 2.25. The van der Waals surface area contributed by atoms with Crippen molar-refractivity contribution in [3.63, 3.8) is 0 Å². The standard InChI is InChI=1S/C10H11FOS2/c11-9-5-2-1-4-8(9)10-13-6-3-7-14(10)12/h1-2,4-5,10H,3,6-7H2/t10-,14?/m0/s1. The number of hydrogen-bond acceptors (Lipinski definition) is 2. The number of rotatable bonds is 1. The summed E-state index contributed by atoms with van der Waals surface area (Å²) in [7, 11) is -0.916. The summed E-state index contributed by atoms with van der Waals surface area (Å²) in [6, 6.07) is 6.62. The number of thioether (sulfide) groups is 1. The van der Waals surface area contributed by atoms with Gasteiger partial charge in [0, 0.05) is 22.1 Å². The van der Waals surface area contributed by atoms with Gasteiger partial charge in [-0.25, -0.2) is 4.39 Å². The van der Waals surface area contributed by atoms with Crippen molar-refractivity contribution < 1.29 is 8.60 Å². The Bertz CT molecular complexity index is 354. The Labute approximate surface area is 89.5 Å². The molecule has 0 aliphatic carbocycles. The summed E-state index contributed by atoms with van der Waals surface area (Å²) in [5.41, 5.74) is 0.593. The van der Waals surface area contributed by atoms with E-state index in [9.17, 15) is 8.60 Å². The van der Waals surface area contributed by atoms with E-state index in [4.69, 9.17) is 0 Å². The van der Waals surface area contributed by atoms with E-state index in [1.165, 1.54) is 6.07 Å². The average molecular weight is 230 g/mol. The second-order valence-electron chi connectivity index (χ2n) is 3.16. The predicted molar refractivity (Wildman–Crippen MR) is 59.2 cm³/mol. The van der Waals surface area contributed by atoms with Gasteiger partial charge in [0.15, 0.2) is 0 Å². The average Bonchev–Trinajstić information content (AvgIpc) is 2.20. The second-order valence-corrected chi connectivity index (χ2v) is 6.32. The quantitative estimate of drug-likeness (QED) is 0.738. The first-order valence-corrected chi connectivity index (χ1v) is 6.95. The van der Waals surface area contributed by atoms with Crippen molar-refractivity contribution in [2.24, 2.45) is 0 Å². The topological polar surface area (TPSA) is 17.1 Å². The van der Waals surface area contributed by atoms with Gasteiger partial charge in [0.05, 0.1) is 0 Å². The molecule has 0 saturated carbocycles. The van der Waals surface area contributed by atoms with Gasteiger partial charge >= 0.3 is 0 Å². The predicted octanol–water partition coefficient (Wildman–Crippen LogP) is 2.71. The monoisotopic (exact) mass is 230 g/mol. The molecule has 14 heavy (non-hydrogen) atoms. The van der Waals surface area contributed by atoms with Gasteiger partial charge in [0.1, 0.15) is 10.4 Å². The SMILES string of the molecule is O=S1CCCS[C@@H]1c1ccccc1F. The van der Waals surface area contributed by atoms with E-state index in [1.54, 1.807) is 30.0 Å². The fraction of sp³-hybridized carbons (Fsp3) is 0.400. The van der Waals surface area contributed by atoms with Crippen LogP contribution < -0.4 is 0 Å². The molecule has 1 nitrogen and oxygen atoms in total. The minimum atomic E-state index is -0.916. The van der Waals surface area contributed by atoms with Crippen LogP contribution in [0.25, 0.3) is 0 Å². The van der Waals surface area contributed by atoms with E-state index >= 15 is 0 Å². The number of halogens is 1. The Hall–Kier alpha value is -0.350. The van der Waals surface area contributed by atoms with Crippen molar-refractivity contribution in [1.29, 1.82) is 0 Å². The maximum Gasteiger partial charge on any atom is 0.128 e. The van der Waals surface area contributed by atoms with E-state index in [2.05, 4.69) is 0 Å². The summed E-state index contributed by atoms with van der Waals surface area (Å²) in [6.07, 6.45) is 0.974. The molecule has 1 aromatic carbocycles. The van der Waals surface area contributed by atoms with Crippen molar-refractivity contribution in [1.82, 2.24) is 0 Å². The molecule has 0 amide bonds. The summed E-state index contributed by atoms with van der Waals surface area (Å²) in [5, 5.41) is 0. The molecule has 0 N–H and O–H groups in total. The fourth-order valence-electron chi connectivity index (χ4n) is 1.47. The molecule has 1 aromatic rings. The van der Waals surface area contributed by atoms with Crippen LogP contribution in [-0.2, 0) is 10.8 Å². The van der Waals surface area contributed by atoms with Gasteiger partial charge < -0.3 is 0 Å². The Morgan fingerprint density at radius 3 is 2.93 bits per heavy atom. The van der Waals surface area contributed by atoms with Gasteiger partial charge in [-0.3, -0.25) is 4.21 Å². The molecule has 1 heterocycles. The highest BCUT2D eigenvalue weighted by Crippen LogP contribution is 2.37. The van der Waals surface area contributed by atoms with E-state index in [0.29, 0.717) is 11.3 Å². The summed E-state index contributed by atoms with van der Waals surface area (Å²) >= 11 is 1.60. The summed E-state index contributed by atoms with van der Waals surface area (Å²) in [5.74, 6) is 1.44. The Kier molecular flexibility index (Phi) is 3.23. The summed E-state index contributed by atoms with van der Waals surface area (Å²) in [6.45, 7) is 0. The Morgan fingerprint density at radius 1 is 1.43 bits per heavy atom. The van der Waals surface area contributed by atoms with Crippen molar-refractivity contribution in [3.05, 3.63) is 35.6 Å². The van der Waals surface area contributed by atoms with Gasteiger partial charge in [0.25, 0.3) is 0 Å². The van der Waals surface area contributed by atoms with E-state index in [1.807, 2.05) is 0 Å². The van der Waals surface area contributed by atoms with Crippen LogP contribution in [0.3, 0.4) is 0 Å². The lowest BCUT2D eigenvalue weighted by molar-refractivity contribution is 0.614. The first-order chi connectivity index (χ1) is 6.79. The maximum absolute atomic E-state index is 13.4. The summed E-state index contributed by atoms with van der Waals surface area (Å²) < 4.78 is 24.9. The smallest absolute Gasteiger partial charge is 0.128 e. The minimum absolute atomic E-state index is 0.162. The highest BCUT2D eigenvalue weighted by atomic mass is 32.2. The van der Waals surface area contributed by atoms with E-state index in [0.717, 1.165) is 12.2 Å². The maximum atomic E-state index is 13.4.